The number of pyridine rings is 1. The van der Waals surface area contributed by atoms with Crippen molar-refractivity contribution in [1.29, 1.82) is 0 Å². The number of halogens is 2. The van der Waals surface area contributed by atoms with Gasteiger partial charge in [-0.1, -0.05) is 23.2 Å². The van der Waals surface area contributed by atoms with Crippen LogP contribution in [0.15, 0.2) is 12.1 Å². The Morgan fingerprint density at radius 3 is 2.40 bits per heavy atom. The number of amides is 1. The zero-order valence-corrected chi connectivity index (χ0v) is 13.8. The summed E-state index contributed by atoms with van der Waals surface area (Å²) in [4.78, 5) is 18.3. The molecule has 1 amide bonds. The first kappa shape index (κ1) is 17.2. The summed E-state index contributed by atoms with van der Waals surface area (Å²) in [6, 6.07) is 3.99. The number of hydrogen-bond donors (Lipinski definition) is 1. The summed E-state index contributed by atoms with van der Waals surface area (Å²) in [5.74, 6) is -0.301. The van der Waals surface area contributed by atoms with Crippen LogP contribution in [0.5, 0.6) is 0 Å². The molecule has 0 radical (unpaired) electrons. The van der Waals surface area contributed by atoms with Gasteiger partial charge in [0.25, 0.3) is 5.91 Å². The Kier molecular flexibility index (Phi) is 6.72. The lowest BCUT2D eigenvalue weighted by Gasteiger charge is -2.30. The van der Waals surface area contributed by atoms with Crippen LogP contribution in [0, 0.1) is 0 Å². The molecule has 6 heteroatoms. The van der Waals surface area contributed by atoms with Crippen LogP contribution in [0.4, 0.5) is 0 Å². The van der Waals surface area contributed by atoms with Gasteiger partial charge in [-0.05, 0) is 39.8 Å². The predicted octanol–water partition coefficient (Wildman–Crippen LogP) is 3.24. The van der Waals surface area contributed by atoms with Crippen LogP contribution in [-0.4, -0.2) is 41.0 Å². The van der Waals surface area contributed by atoms with E-state index < -0.39 is 0 Å². The normalized spacial score (nSPS) is 11.4. The number of nitrogens with zero attached hydrogens (tertiary/aromatic N) is 2. The zero-order valence-electron chi connectivity index (χ0n) is 12.3. The molecule has 1 N–H and O–H groups in total. The molecule has 4 nitrogen and oxygen atoms in total. The first-order valence-corrected chi connectivity index (χ1v) is 7.44. The minimum absolute atomic E-state index is 0.166. The molecule has 1 aromatic rings. The van der Waals surface area contributed by atoms with Gasteiger partial charge in [-0.2, -0.15) is 0 Å². The maximum Gasteiger partial charge on any atom is 0.271 e. The van der Waals surface area contributed by atoms with Crippen LogP contribution in [0.25, 0.3) is 0 Å². The van der Waals surface area contributed by atoms with Crippen molar-refractivity contribution in [2.45, 2.75) is 39.8 Å². The highest BCUT2D eigenvalue weighted by molar-refractivity contribution is 6.34. The quantitative estimate of drug-likeness (QED) is 0.819. The fraction of sp³-hybridized carbons (Fsp3) is 0.571. The first-order chi connectivity index (χ1) is 9.32. The standard InChI is InChI=1S/C14H21Cl2N3O/c1-9(2)19(10(3)4)8-7-17-14(20)13-11(15)5-6-12(16)18-13/h5-6,9-10H,7-8H2,1-4H3,(H,17,20). The lowest BCUT2D eigenvalue weighted by Crippen LogP contribution is -2.42. The third-order valence-corrected chi connectivity index (χ3v) is 3.52. The molecule has 0 bridgehead atoms. The average molecular weight is 318 g/mol. The fourth-order valence-electron chi connectivity index (χ4n) is 2.07. The molecule has 1 heterocycles. The molecule has 20 heavy (non-hydrogen) atoms. The van der Waals surface area contributed by atoms with Crippen molar-refractivity contribution in [3.63, 3.8) is 0 Å². The lowest BCUT2D eigenvalue weighted by atomic mass is 10.2. The Balaban J connectivity index is 2.57. The van der Waals surface area contributed by atoms with Crippen molar-refractivity contribution in [2.75, 3.05) is 13.1 Å². The molecule has 0 aliphatic carbocycles. The molecule has 0 saturated heterocycles. The van der Waals surface area contributed by atoms with Crippen molar-refractivity contribution in [2.24, 2.45) is 0 Å². The largest absolute Gasteiger partial charge is 0.349 e. The highest BCUT2D eigenvalue weighted by Gasteiger charge is 2.15. The molecule has 1 aromatic heterocycles. The van der Waals surface area contributed by atoms with Crippen molar-refractivity contribution in [3.05, 3.63) is 28.0 Å². The van der Waals surface area contributed by atoms with Gasteiger partial charge in [-0.25, -0.2) is 4.98 Å². The summed E-state index contributed by atoms with van der Waals surface area (Å²) in [5.41, 5.74) is 0.166. The summed E-state index contributed by atoms with van der Waals surface area (Å²) in [5, 5.41) is 3.38. The second-order valence-corrected chi connectivity index (χ2v) is 5.94. The first-order valence-electron chi connectivity index (χ1n) is 6.69. The van der Waals surface area contributed by atoms with Crippen molar-refractivity contribution >= 4 is 29.1 Å². The summed E-state index contributed by atoms with van der Waals surface area (Å²) in [7, 11) is 0. The van der Waals surface area contributed by atoms with E-state index in [4.69, 9.17) is 23.2 Å². The molecule has 0 spiro atoms. The molecule has 0 aromatic carbocycles. The van der Waals surface area contributed by atoms with E-state index in [1.54, 1.807) is 12.1 Å². The summed E-state index contributed by atoms with van der Waals surface area (Å²) < 4.78 is 0. The SMILES string of the molecule is CC(C)N(CCNC(=O)c1nc(Cl)ccc1Cl)C(C)C. The second-order valence-electron chi connectivity index (χ2n) is 5.15. The smallest absolute Gasteiger partial charge is 0.271 e. The highest BCUT2D eigenvalue weighted by Crippen LogP contribution is 2.16. The molecule has 0 fully saturated rings. The highest BCUT2D eigenvalue weighted by atomic mass is 35.5. The number of nitrogens with one attached hydrogen (secondary N) is 1. The minimum Gasteiger partial charge on any atom is -0.349 e. The van der Waals surface area contributed by atoms with Crippen LogP contribution >= 0.6 is 23.2 Å². The van der Waals surface area contributed by atoms with Gasteiger partial charge in [0.2, 0.25) is 0 Å². The van der Waals surface area contributed by atoms with E-state index in [2.05, 4.69) is 42.9 Å². The average Bonchev–Trinajstić information content (AvgIpc) is 2.36. The van der Waals surface area contributed by atoms with Crippen molar-refractivity contribution in [1.82, 2.24) is 15.2 Å². The minimum atomic E-state index is -0.301. The zero-order chi connectivity index (χ0) is 15.3. The van der Waals surface area contributed by atoms with Gasteiger partial charge in [-0.15, -0.1) is 0 Å². The van der Waals surface area contributed by atoms with E-state index in [0.717, 1.165) is 6.54 Å². The maximum absolute atomic E-state index is 12.0. The van der Waals surface area contributed by atoms with Crippen LogP contribution in [0.1, 0.15) is 38.2 Å². The molecule has 0 saturated carbocycles. The predicted molar refractivity (Wildman–Crippen MR) is 83.6 cm³/mol. The molecule has 1 rings (SSSR count). The molecular formula is C14H21Cl2N3O. The van der Waals surface area contributed by atoms with Gasteiger partial charge < -0.3 is 5.32 Å². The van der Waals surface area contributed by atoms with E-state index in [0.29, 0.717) is 23.7 Å². The van der Waals surface area contributed by atoms with E-state index in [1.165, 1.54) is 0 Å². The number of carbonyl (C=O) groups is 1. The maximum atomic E-state index is 12.0. The third kappa shape index (κ3) is 4.93. The van der Waals surface area contributed by atoms with Gasteiger partial charge in [-0.3, -0.25) is 9.69 Å². The Morgan fingerprint density at radius 1 is 1.25 bits per heavy atom. The molecule has 0 atom stereocenters. The van der Waals surface area contributed by atoms with Gasteiger partial charge in [0, 0.05) is 25.2 Å². The lowest BCUT2D eigenvalue weighted by molar-refractivity contribution is 0.0934. The van der Waals surface area contributed by atoms with Gasteiger partial charge in [0.15, 0.2) is 0 Å². The Hall–Kier alpha value is -0.840. The summed E-state index contributed by atoms with van der Waals surface area (Å²) in [6.45, 7) is 9.86. The van der Waals surface area contributed by atoms with E-state index >= 15 is 0 Å². The number of hydrogen-bond acceptors (Lipinski definition) is 3. The molecular weight excluding hydrogens is 297 g/mol. The monoisotopic (exact) mass is 317 g/mol. The Labute approximate surface area is 130 Å². The second kappa shape index (κ2) is 7.81. The van der Waals surface area contributed by atoms with Crippen LogP contribution in [-0.2, 0) is 0 Å². The van der Waals surface area contributed by atoms with Crippen LogP contribution in [0.2, 0.25) is 10.2 Å². The molecule has 0 unspecified atom stereocenters. The summed E-state index contributed by atoms with van der Waals surface area (Å²) in [6.07, 6.45) is 0. The molecule has 0 aliphatic rings. The van der Waals surface area contributed by atoms with Gasteiger partial charge in [0.05, 0.1) is 5.02 Å². The van der Waals surface area contributed by atoms with Crippen LogP contribution in [0.3, 0.4) is 0 Å². The fourth-order valence-corrected chi connectivity index (χ4v) is 2.41. The molecule has 112 valence electrons. The van der Waals surface area contributed by atoms with Gasteiger partial charge >= 0.3 is 0 Å². The number of rotatable bonds is 6. The van der Waals surface area contributed by atoms with E-state index in [-0.39, 0.29) is 16.8 Å². The number of carbonyl (C=O) groups excluding carboxylic acids is 1. The number of aromatic nitrogens is 1. The third-order valence-electron chi connectivity index (χ3n) is 3.01. The van der Waals surface area contributed by atoms with Crippen molar-refractivity contribution in [3.8, 4) is 0 Å². The topological polar surface area (TPSA) is 45.2 Å². The van der Waals surface area contributed by atoms with Crippen LogP contribution < -0.4 is 5.32 Å². The van der Waals surface area contributed by atoms with E-state index in [9.17, 15) is 4.79 Å². The van der Waals surface area contributed by atoms with Gasteiger partial charge in [0.1, 0.15) is 10.8 Å². The van der Waals surface area contributed by atoms with E-state index in [1.807, 2.05) is 0 Å². The Bertz CT molecular complexity index is 456. The Morgan fingerprint density at radius 2 is 1.85 bits per heavy atom. The van der Waals surface area contributed by atoms with Crippen molar-refractivity contribution < 1.29 is 4.79 Å². The molecule has 0 aliphatic heterocycles. The summed E-state index contributed by atoms with van der Waals surface area (Å²) >= 11 is 11.7.